The van der Waals surface area contributed by atoms with E-state index in [0.29, 0.717) is 24.5 Å². The number of piperidine rings is 1. The van der Waals surface area contributed by atoms with Crippen molar-refractivity contribution in [3.63, 3.8) is 0 Å². The molecule has 0 N–H and O–H groups in total. The molecular formula is C16H17FN2O3. The molecule has 2 aromatic rings. The van der Waals surface area contributed by atoms with Gasteiger partial charge in [0.05, 0.1) is 7.11 Å². The number of benzene rings is 1. The first-order valence-electron chi connectivity index (χ1n) is 7.23. The molecule has 1 aliphatic rings. The number of carbonyl (C=O) groups is 1. The predicted molar refractivity (Wildman–Crippen MR) is 77.3 cm³/mol. The molecule has 6 heteroatoms. The van der Waals surface area contributed by atoms with Crippen molar-refractivity contribution in [1.29, 1.82) is 0 Å². The Kier molecular flexibility index (Phi) is 4.09. The van der Waals surface area contributed by atoms with Gasteiger partial charge in [-0.1, -0.05) is 6.07 Å². The van der Waals surface area contributed by atoms with Gasteiger partial charge < -0.3 is 14.2 Å². The predicted octanol–water partition coefficient (Wildman–Crippen LogP) is 2.84. The minimum Gasteiger partial charge on any atom is -0.479 e. The Bertz CT molecular complexity index is 663. The van der Waals surface area contributed by atoms with Crippen LogP contribution in [0.3, 0.4) is 0 Å². The number of hydrogen-bond donors (Lipinski definition) is 0. The van der Waals surface area contributed by atoms with Crippen LogP contribution in [0, 0.1) is 5.82 Å². The molecule has 2 heterocycles. The van der Waals surface area contributed by atoms with Crippen LogP contribution >= 0.6 is 0 Å². The summed E-state index contributed by atoms with van der Waals surface area (Å²) in [5.41, 5.74) is 0.389. The smallest absolute Gasteiger partial charge is 0.254 e. The molecule has 5 nitrogen and oxygen atoms in total. The normalized spacial score (nSPS) is 15.8. The number of aromatic nitrogens is 1. The zero-order valence-electron chi connectivity index (χ0n) is 12.3. The second kappa shape index (κ2) is 6.17. The fraction of sp³-hybridized carbons (Fsp3) is 0.375. The summed E-state index contributed by atoms with van der Waals surface area (Å²) >= 11 is 0. The largest absolute Gasteiger partial charge is 0.479 e. The van der Waals surface area contributed by atoms with Gasteiger partial charge in [-0.15, -0.1) is 0 Å². The zero-order chi connectivity index (χ0) is 15.5. The van der Waals surface area contributed by atoms with E-state index in [9.17, 15) is 9.18 Å². The monoisotopic (exact) mass is 304 g/mol. The van der Waals surface area contributed by atoms with Crippen molar-refractivity contribution in [1.82, 2.24) is 10.1 Å². The summed E-state index contributed by atoms with van der Waals surface area (Å²) in [4.78, 5) is 14.1. The van der Waals surface area contributed by atoms with Crippen LogP contribution in [0.15, 0.2) is 34.9 Å². The van der Waals surface area contributed by atoms with E-state index in [-0.39, 0.29) is 11.8 Å². The van der Waals surface area contributed by atoms with Crippen molar-refractivity contribution in [3.8, 4) is 5.88 Å². The topological polar surface area (TPSA) is 55.6 Å². The van der Waals surface area contributed by atoms with Crippen LogP contribution in [-0.2, 0) is 0 Å². The second-order valence-corrected chi connectivity index (χ2v) is 5.35. The van der Waals surface area contributed by atoms with Crippen LogP contribution in [0.5, 0.6) is 5.88 Å². The summed E-state index contributed by atoms with van der Waals surface area (Å²) in [6.45, 7) is 1.23. The van der Waals surface area contributed by atoms with Crippen molar-refractivity contribution in [2.24, 2.45) is 0 Å². The van der Waals surface area contributed by atoms with Crippen LogP contribution in [0.2, 0.25) is 0 Å². The Morgan fingerprint density at radius 3 is 2.77 bits per heavy atom. The molecule has 1 aromatic heterocycles. The van der Waals surface area contributed by atoms with E-state index in [4.69, 9.17) is 9.26 Å². The fourth-order valence-corrected chi connectivity index (χ4v) is 2.73. The van der Waals surface area contributed by atoms with Crippen molar-refractivity contribution >= 4 is 5.91 Å². The van der Waals surface area contributed by atoms with Crippen molar-refractivity contribution in [3.05, 3.63) is 47.5 Å². The van der Waals surface area contributed by atoms with Gasteiger partial charge in [-0.05, 0) is 36.2 Å². The van der Waals surface area contributed by atoms with E-state index in [2.05, 4.69) is 5.16 Å². The molecule has 0 unspecified atom stereocenters. The first kappa shape index (κ1) is 14.6. The average molecular weight is 304 g/mol. The lowest BCUT2D eigenvalue weighted by Crippen LogP contribution is -2.37. The minimum atomic E-state index is -0.394. The molecule has 1 saturated heterocycles. The highest BCUT2D eigenvalue weighted by atomic mass is 19.1. The highest BCUT2D eigenvalue weighted by Gasteiger charge is 2.27. The summed E-state index contributed by atoms with van der Waals surface area (Å²) in [6.07, 6.45) is 1.58. The summed E-state index contributed by atoms with van der Waals surface area (Å²) in [7, 11) is 1.54. The van der Waals surface area contributed by atoms with E-state index in [0.717, 1.165) is 18.6 Å². The molecule has 1 fully saturated rings. The van der Waals surface area contributed by atoms with Gasteiger partial charge in [0.2, 0.25) is 0 Å². The molecule has 0 aliphatic carbocycles. The Labute approximate surface area is 127 Å². The van der Waals surface area contributed by atoms with E-state index in [1.54, 1.807) is 30.2 Å². The number of halogens is 1. The van der Waals surface area contributed by atoms with Crippen LogP contribution in [-0.4, -0.2) is 36.2 Å². The minimum absolute atomic E-state index is 0.131. The Morgan fingerprint density at radius 1 is 1.36 bits per heavy atom. The molecule has 0 atom stereocenters. The summed E-state index contributed by atoms with van der Waals surface area (Å²) < 4.78 is 23.5. The first-order chi connectivity index (χ1) is 10.7. The van der Waals surface area contributed by atoms with Crippen LogP contribution in [0.4, 0.5) is 4.39 Å². The second-order valence-electron chi connectivity index (χ2n) is 5.35. The standard InChI is InChI=1S/C16H17FN2O3/c1-21-15-10-14(22-18-15)11-5-7-19(8-6-11)16(20)12-3-2-4-13(17)9-12/h2-4,9-11H,5-8H2,1H3. The van der Waals surface area contributed by atoms with E-state index < -0.39 is 5.82 Å². The summed E-state index contributed by atoms with van der Waals surface area (Å²) in [5, 5.41) is 3.80. The third-order valence-electron chi connectivity index (χ3n) is 3.97. The molecule has 1 aromatic carbocycles. The molecule has 3 rings (SSSR count). The van der Waals surface area contributed by atoms with Crippen molar-refractivity contribution < 1.29 is 18.4 Å². The van der Waals surface area contributed by atoms with Crippen molar-refractivity contribution in [2.45, 2.75) is 18.8 Å². The molecule has 0 bridgehead atoms. The number of nitrogens with zero attached hydrogens (tertiary/aromatic N) is 2. The number of ether oxygens (including phenoxy) is 1. The van der Waals surface area contributed by atoms with Crippen LogP contribution < -0.4 is 4.74 Å². The number of carbonyl (C=O) groups excluding carboxylic acids is 1. The molecular weight excluding hydrogens is 287 g/mol. The maximum absolute atomic E-state index is 13.2. The number of hydrogen-bond acceptors (Lipinski definition) is 4. The molecule has 22 heavy (non-hydrogen) atoms. The third-order valence-corrected chi connectivity index (χ3v) is 3.97. The summed E-state index contributed by atoms with van der Waals surface area (Å²) in [6, 6.07) is 7.58. The number of rotatable bonds is 3. The lowest BCUT2D eigenvalue weighted by Gasteiger charge is -2.30. The molecule has 1 amide bonds. The number of amides is 1. The van der Waals surface area contributed by atoms with Gasteiger partial charge in [-0.25, -0.2) is 4.39 Å². The lowest BCUT2D eigenvalue weighted by molar-refractivity contribution is 0.0705. The maximum Gasteiger partial charge on any atom is 0.254 e. The van der Waals surface area contributed by atoms with Gasteiger partial charge in [0.25, 0.3) is 11.8 Å². The Hall–Kier alpha value is -2.37. The van der Waals surface area contributed by atoms with Gasteiger partial charge in [-0.2, -0.15) is 0 Å². The van der Waals surface area contributed by atoms with E-state index in [1.807, 2.05) is 0 Å². The van der Waals surface area contributed by atoms with Gasteiger partial charge in [0.15, 0.2) is 0 Å². The molecule has 0 saturated carbocycles. The zero-order valence-corrected chi connectivity index (χ0v) is 12.3. The van der Waals surface area contributed by atoms with Gasteiger partial charge in [0, 0.05) is 30.6 Å². The van der Waals surface area contributed by atoms with E-state index >= 15 is 0 Å². The van der Waals surface area contributed by atoms with Crippen LogP contribution in [0.1, 0.15) is 34.9 Å². The summed E-state index contributed by atoms with van der Waals surface area (Å²) in [5.74, 6) is 0.957. The van der Waals surface area contributed by atoms with Crippen LogP contribution in [0.25, 0.3) is 0 Å². The third kappa shape index (κ3) is 2.95. The SMILES string of the molecule is COc1cc(C2CCN(C(=O)c3cccc(F)c3)CC2)on1. The maximum atomic E-state index is 13.2. The quantitative estimate of drug-likeness (QED) is 0.875. The highest BCUT2D eigenvalue weighted by Crippen LogP contribution is 2.30. The highest BCUT2D eigenvalue weighted by molar-refractivity contribution is 5.94. The van der Waals surface area contributed by atoms with Gasteiger partial charge in [-0.3, -0.25) is 4.79 Å². The molecule has 0 spiro atoms. The molecule has 1 aliphatic heterocycles. The van der Waals surface area contributed by atoms with Gasteiger partial charge in [0.1, 0.15) is 11.6 Å². The fourth-order valence-electron chi connectivity index (χ4n) is 2.73. The lowest BCUT2D eigenvalue weighted by atomic mass is 9.94. The Balaban J connectivity index is 1.62. The van der Waals surface area contributed by atoms with E-state index in [1.165, 1.54) is 12.1 Å². The molecule has 116 valence electrons. The average Bonchev–Trinajstić information content (AvgIpc) is 3.03. The Morgan fingerprint density at radius 2 is 2.14 bits per heavy atom. The van der Waals surface area contributed by atoms with Crippen molar-refractivity contribution in [2.75, 3.05) is 20.2 Å². The number of methoxy groups -OCH3 is 1. The first-order valence-corrected chi connectivity index (χ1v) is 7.23. The molecule has 0 radical (unpaired) electrons. The number of likely N-dealkylation sites (tertiary alicyclic amines) is 1. The van der Waals surface area contributed by atoms with Gasteiger partial charge >= 0.3 is 0 Å².